The van der Waals surface area contributed by atoms with E-state index in [1.165, 1.54) is 0 Å². The van der Waals surface area contributed by atoms with Gasteiger partial charge in [-0.2, -0.15) is 5.10 Å². The van der Waals surface area contributed by atoms with Gasteiger partial charge in [0.1, 0.15) is 6.33 Å². The minimum absolute atomic E-state index is 0.560. The van der Waals surface area contributed by atoms with E-state index in [0.29, 0.717) is 23.1 Å². The van der Waals surface area contributed by atoms with Crippen molar-refractivity contribution in [1.82, 2.24) is 20.1 Å². The molecule has 0 bridgehead atoms. The van der Waals surface area contributed by atoms with Crippen molar-refractivity contribution in [3.05, 3.63) is 34.9 Å². The third-order valence-electron chi connectivity index (χ3n) is 3.05. The van der Waals surface area contributed by atoms with Crippen molar-refractivity contribution in [1.29, 1.82) is 0 Å². The normalized spacial score (nSPS) is 10.7. The summed E-state index contributed by atoms with van der Waals surface area (Å²) in [5.74, 6) is 2.01. The first kappa shape index (κ1) is 15.6. The maximum Gasteiger partial charge on any atom is 0.179 e. The molecule has 0 unspecified atom stereocenters. The molecule has 1 N–H and O–H groups in total. The Morgan fingerprint density at radius 2 is 2.10 bits per heavy atom. The molecule has 0 atom stereocenters. The Kier molecular flexibility index (Phi) is 5.41. The molecule has 0 aliphatic heterocycles. The maximum absolute atomic E-state index is 6.32. The van der Waals surface area contributed by atoms with Gasteiger partial charge in [0.2, 0.25) is 0 Å². The van der Waals surface area contributed by atoms with Crippen LogP contribution in [-0.4, -0.2) is 35.5 Å². The smallest absolute Gasteiger partial charge is 0.179 e. The van der Waals surface area contributed by atoms with E-state index in [-0.39, 0.29) is 0 Å². The minimum Gasteiger partial charge on any atom is -0.493 e. The molecule has 2 rings (SSSR count). The number of hydrogen-bond donors (Lipinski definition) is 1. The molecule has 0 saturated heterocycles. The molecule has 114 valence electrons. The number of aromatic nitrogens is 3. The van der Waals surface area contributed by atoms with E-state index in [9.17, 15) is 0 Å². The molecule has 1 aromatic carbocycles. The van der Waals surface area contributed by atoms with E-state index in [0.717, 1.165) is 24.4 Å². The van der Waals surface area contributed by atoms with Crippen LogP contribution in [-0.2, 0) is 20.0 Å². The zero-order valence-corrected chi connectivity index (χ0v) is 13.1. The number of rotatable bonds is 7. The van der Waals surface area contributed by atoms with E-state index in [4.69, 9.17) is 21.1 Å². The van der Waals surface area contributed by atoms with Gasteiger partial charge in [0.15, 0.2) is 17.3 Å². The van der Waals surface area contributed by atoms with Gasteiger partial charge >= 0.3 is 0 Å². The standard InChI is InChI=1S/C14H19ClN4O2/c1-19-9-17-12(18-19)6-7-16-8-10-4-5-11(20-2)14(21-3)13(10)15/h4-5,9,16H,6-8H2,1-3H3. The number of ether oxygens (including phenoxy) is 2. The lowest BCUT2D eigenvalue weighted by Gasteiger charge is -2.13. The van der Waals surface area contributed by atoms with Gasteiger partial charge in [-0.05, 0) is 11.6 Å². The molecule has 1 aromatic heterocycles. The van der Waals surface area contributed by atoms with Crippen LogP contribution >= 0.6 is 11.6 Å². The number of methoxy groups -OCH3 is 2. The van der Waals surface area contributed by atoms with Crippen LogP contribution in [0.2, 0.25) is 5.02 Å². The van der Waals surface area contributed by atoms with Gasteiger partial charge in [0.25, 0.3) is 0 Å². The summed E-state index contributed by atoms with van der Waals surface area (Å²) in [6.07, 6.45) is 2.46. The van der Waals surface area contributed by atoms with Crippen molar-refractivity contribution in [2.45, 2.75) is 13.0 Å². The zero-order chi connectivity index (χ0) is 15.2. The van der Waals surface area contributed by atoms with Crippen molar-refractivity contribution in [3.8, 4) is 11.5 Å². The molecule has 0 fully saturated rings. The molecule has 0 aliphatic rings. The largest absolute Gasteiger partial charge is 0.493 e. The van der Waals surface area contributed by atoms with Crippen LogP contribution in [0.4, 0.5) is 0 Å². The molecule has 0 saturated carbocycles. The van der Waals surface area contributed by atoms with E-state index in [1.807, 2.05) is 19.2 Å². The highest BCUT2D eigenvalue weighted by molar-refractivity contribution is 6.33. The summed E-state index contributed by atoms with van der Waals surface area (Å²) in [6.45, 7) is 1.42. The molecular weight excluding hydrogens is 292 g/mol. The Morgan fingerprint density at radius 3 is 2.71 bits per heavy atom. The van der Waals surface area contributed by atoms with Crippen LogP contribution in [0.3, 0.4) is 0 Å². The predicted molar refractivity (Wildman–Crippen MR) is 81.0 cm³/mol. The lowest BCUT2D eigenvalue weighted by atomic mass is 10.2. The van der Waals surface area contributed by atoms with Gasteiger partial charge in [-0.15, -0.1) is 0 Å². The molecule has 7 heteroatoms. The molecule has 6 nitrogen and oxygen atoms in total. The molecule has 2 aromatic rings. The van der Waals surface area contributed by atoms with Crippen LogP contribution < -0.4 is 14.8 Å². The minimum atomic E-state index is 0.560. The van der Waals surface area contributed by atoms with Crippen LogP contribution in [0.1, 0.15) is 11.4 Å². The summed E-state index contributed by atoms with van der Waals surface area (Å²) < 4.78 is 12.2. The summed E-state index contributed by atoms with van der Waals surface area (Å²) >= 11 is 6.32. The van der Waals surface area contributed by atoms with Crippen molar-refractivity contribution in [3.63, 3.8) is 0 Å². The highest BCUT2D eigenvalue weighted by Crippen LogP contribution is 2.37. The van der Waals surface area contributed by atoms with Gasteiger partial charge in [0.05, 0.1) is 19.2 Å². The van der Waals surface area contributed by atoms with Crippen LogP contribution in [0.5, 0.6) is 11.5 Å². The highest BCUT2D eigenvalue weighted by Gasteiger charge is 2.12. The molecule has 0 aliphatic carbocycles. The van der Waals surface area contributed by atoms with E-state index < -0.39 is 0 Å². The molecule has 0 spiro atoms. The summed E-state index contributed by atoms with van der Waals surface area (Å²) in [5.41, 5.74) is 0.961. The van der Waals surface area contributed by atoms with E-state index in [2.05, 4.69) is 15.4 Å². The maximum atomic E-state index is 6.32. The Bertz CT molecular complexity index is 601. The molecule has 21 heavy (non-hydrogen) atoms. The monoisotopic (exact) mass is 310 g/mol. The topological polar surface area (TPSA) is 61.2 Å². The fourth-order valence-corrected chi connectivity index (χ4v) is 2.29. The number of hydrogen-bond acceptors (Lipinski definition) is 5. The Labute approximate surface area is 129 Å². The Hall–Kier alpha value is -1.79. The molecular formula is C14H19ClN4O2. The fraction of sp³-hybridized carbons (Fsp3) is 0.429. The van der Waals surface area contributed by atoms with E-state index in [1.54, 1.807) is 25.2 Å². The zero-order valence-electron chi connectivity index (χ0n) is 12.4. The predicted octanol–water partition coefficient (Wildman–Crippen LogP) is 1.82. The number of nitrogens with zero attached hydrogens (tertiary/aromatic N) is 3. The summed E-state index contributed by atoms with van der Waals surface area (Å²) in [4.78, 5) is 4.18. The first-order valence-electron chi connectivity index (χ1n) is 6.60. The number of nitrogens with one attached hydrogen (secondary N) is 1. The van der Waals surface area contributed by atoms with Crippen LogP contribution in [0.15, 0.2) is 18.5 Å². The molecule has 0 radical (unpaired) electrons. The van der Waals surface area contributed by atoms with Gasteiger partial charge in [-0.1, -0.05) is 17.7 Å². The van der Waals surface area contributed by atoms with Crippen molar-refractivity contribution in [2.24, 2.45) is 7.05 Å². The number of halogens is 1. The molecule has 1 heterocycles. The average molecular weight is 311 g/mol. The second-order valence-electron chi connectivity index (χ2n) is 4.54. The van der Waals surface area contributed by atoms with Crippen molar-refractivity contribution >= 4 is 11.6 Å². The SMILES string of the molecule is COc1ccc(CNCCc2ncn(C)n2)c(Cl)c1OC. The van der Waals surface area contributed by atoms with Crippen molar-refractivity contribution < 1.29 is 9.47 Å². The van der Waals surface area contributed by atoms with Gasteiger partial charge < -0.3 is 14.8 Å². The third kappa shape index (κ3) is 3.86. The average Bonchev–Trinajstić information content (AvgIpc) is 2.90. The summed E-state index contributed by atoms with van der Waals surface area (Å²) in [7, 11) is 5.02. The summed E-state index contributed by atoms with van der Waals surface area (Å²) in [5, 5.41) is 8.11. The first-order chi connectivity index (χ1) is 10.2. The quantitative estimate of drug-likeness (QED) is 0.790. The third-order valence-corrected chi connectivity index (χ3v) is 3.47. The second-order valence-corrected chi connectivity index (χ2v) is 4.91. The number of benzene rings is 1. The first-order valence-corrected chi connectivity index (χ1v) is 6.98. The Balaban J connectivity index is 1.91. The van der Waals surface area contributed by atoms with Crippen molar-refractivity contribution in [2.75, 3.05) is 20.8 Å². The lowest BCUT2D eigenvalue weighted by molar-refractivity contribution is 0.354. The van der Waals surface area contributed by atoms with Gasteiger partial charge in [-0.25, -0.2) is 4.98 Å². The number of aryl methyl sites for hydroxylation is 1. The van der Waals surface area contributed by atoms with Gasteiger partial charge in [0, 0.05) is 26.6 Å². The Morgan fingerprint density at radius 1 is 1.29 bits per heavy atom. The highest BCUT2D eigenvalue weighted by atomic mass is 35.5. The molecule has 0 amide bonds. The van der Waals surface area contributed by atoms with E-state index >= 15 is 0 Å². The van der Waals surface area contributed by atoms with Crippen LogP contribution in [0.25, 0.3) is 0 Å². The van der Waals surface area contributed by atoms with Gasteiger partial charge in [-0.3, -0.25) is 4.68 Å². The second kappa shape index (κ2) is 7.28. The lowest BCUT2D eigenvalue weighted by Crippen LogP contribution is -2.17. The van der Waals surface area contributed by atoms with Crippen LogP contribution in [0, 0.1) is 0 Å². The summed E-state index contributed by atoms with van der Waals surface area (Å²) in [6, 6.07) is 3.78. The fourth-order valence-electron chi connectivity index (χ4n) is 1.99.